The Labute approximate surface area is 122 Å². The standard InChI is InChI=1S/C16H16N2OS/c1-12-10-20-11-15(12)16(19)18-9-14-6-4-13(5-7-14)3-2-8-17/h4-7,10-11H,8-9,17H2,1H3,(H,18,19). The summed E-state index contributed by atoms with van der Waals surface area (Å²) in [5, 5.41) is 6.76. The Morgan fingerprint density at radius 1 is 1.30 bits per heavy atom. The van der Waals surface area contributed by atoms with Crippen molar-refractivity contribution < 1.29 is 4.79 Å². The van der Waals surface area contributed by atoms with Crippen LogP contribution in [0.5, 0.6) is 0 Å². The van der Waals surface area contributed by atoms with Crippen molar-refractivity contribution in [2.45, 2.75) is 13.5 Å². The number of amides is 1. The molecule has 4 heteroatoms. The van der Waals surface area contributed by atoms with Crippen LogP contribution in [0.1, 0.15) is 27.0 Å². The van der Waals surface area contributed by atoms with E-state index in [1.165, 1.54) is 11.3 Å². The smallest absolute Gasteiger partial charge is 0.252 e. The third-order valence-electron chi connectivity index (χ3n) is 2.84. The lowest BCUT2D eigenvalue weighted by Gasteiger charge is -2.05. The van der Waals surface area contributed by atoms with Gasteiger partial charge in [0.15, 0.2) is 0 Å². The van der Waals surface area contributed by atoms with Crippen molar-refractivity contribution in [2.75, 3.05) is 6.54 Å². The number of aryl methyl sites for hydroxylation is 1. The summed E-state index contributed by atoms with van der Waals surface area (Å²) in [6.45, 7) is 2.81. The molecular weight excluding hydrogens is 268 g/mol. The molecule has 0 saturated carbocycles. The quantitative estimate of drug-likeness (QED) is 0.850. The van der Waals surface area contributed by atoms with Gasteiger partial charge in [-0.1, -0.05) is 24.0 Å². The zero-order valence-electron chi connectivity index (χ0n) is 11.3. The summed E-state index contributed by atoms with van der Waals surface area (Å²) in [5.74, 6) is 5.74. The van der Waals surface area contributed by atoms with Gasteiger partial charge in [-0.15, -0.1) is 0 Å². The first-order chi connectivity index (χ1) is 9.70. The van der Waals surface area contributed by atoms with Crippen molar-refractivity contribution in [3.8, 4) is 11.8 Å². The molecule has 2 aromatic rings. The highest BCUT2D eigenvalue weighted by molar-refractivity contribution is 7.08. The van der Waals surface area contributed by atoms with E-state index in [-0.39, 0.29) is 5.91 Å². The summed E-state index contributed by atoms with van der Waals surface area (Å²) in [5.41, 5.74) is 9.07. The average Bonchev–Trinajstić information content (AvgIpc) is 2.90. The molecule has 1 heterocycles. The van der Waals surface area contributed by atoms with Crippen LogP contribution >= 0.6 is 11.3 Å². The summed E-state index contributed by atoms with van der Waals surface area (Å²) >= 11 is 1.54. The van der Waals surface area contributed by atoms with Crippen LogP contribution in [0.15, 0.2) is 35.0 Å². The number of rotatable bonds is 3. The molecule has 2 rings (SSSR count). The predicted octanol–water partition coefficient (Wildman–Crippen LogP) is 2.30. The van der Waals surface area contributed by atoms with Gasteiger partial charge in [-0.05, 0) is 35.6 Å². The Hall–Kier alpha value is -2.09. The second kappa shape index (κ2) is 6.90. The summed E-state index contributed by atoms with van der Waals surface area (Å²) < 4.78 is 0. The van der Waals surface area contributed by atoms with Crippen molar-refractivity contribution in [3.05, 3.63) is 57.3 Å². The second-order valence-electron chi connectivity index (χ2n) is 4.35. The molecule has 0 saturated heterocycles. The molecule has 3 N–H and O–H groups in total. The lowest BCUT2D eigenvalue weighted by Crippen LogP contribution is -2.22. The predicted molar refractivity (Wildman–Crippen MR) is 82.6 cm³/mol. The van der Waals surface area contributed by atoms with Gasteiger partial charge in [-0.3, -0.25) is 4.79 Å². The van der Waals surface area contributed by atoms with Crippen molar-refractivity contribution in [3.63, 3.8) is 0 Å². The van der Waals surface area contributed by atoms with E-state index < -0.39 is 0 Å². The molecule has 0 radical (unpaired) electrons. The number of hydrogen-bond acceptors (Lipinski definition) is 3. The molecule has 102 valence electrons. The van der Waals surface area contributed by atoms with Crippen molar-refractivity contribution in [1.29, 1.82) is 0 Å². The van der Waals surface area contributed by atoms with Crippen LogP contribution in [0.3, 0.4) is 0 Å². The molecule has 0 atom stereocenters. The summed E-state index contributed by atoms with van der Waals surface area (Å²) in [6.07, 6.45) is 0. The molecule has 3 nitrogen and oxygen atoms in total. The van der Waals surface area contributed by atoms with E-state index >= 15 is 0 Å². The van der Waals surface area contributed by atoms with Gasteiger partial charge in [0.2, 0.25) is 0 Å². The third kappa shape index (κ3) is 3.70. The summed E-state index contributed by atoms with van der Waals surface area (Å²) in [6, 6.07) is 7.78. The molecule has 1 aromatic heterocycles. The maximum Gasteiger partial charge on any atom is 0.252 e. The fraction of sp³-hybridized carbons (Fsp3) is 0.188. The van der Waals surface area contributed by atoms with Crippen LogP contribution in [-0.2, 0) is 6.54 Å². The van der Waals surface area contributed by atoms with Gasteiger partial charge in [-0.25, -0.2) is 0 Å². The van der Waals surface area contributed by atoms with Crippen LogP contribution < -0.4 is 11.1 Å². The zero-order chi connectivity index (χ0) is 14.4. The van der Waals surface area contributed by atoms with E-state index in [0.29, 0.717) is 13.1 Å². The first-order valence-corrected chi connectivity index (χ1v) is 7.24. The Kier molecular flexibility index (Phi) is 4.94. The van der Waals surface area contributed by atoms with Crippen LogP contribution in [0.25, 0.3) is 0 Å². The highest BCUT2D eigenvalue weighted by Gasteiger charge is 2.08. The van der Waals surface area contributed by atoms with Gasteiger partial charge in [0.1, 0.15) is 0 Å². The summed E-state index contributed by atoms with van der Waals surface area (Å²) in [7, 11) is 0. The number of carbonyl (C=O) groups is 1. The first-order valence-electron chi connectivity index (χ1n) is 6.29. The Balaban J connectivity index is 1.94. The minimum Gasteiger partial charge on any atom is -0.348 e. The zero-order valence-corrected chi connectivity index (χ0v) is 12.1. The van der Waals surface area contributed by atoms with Gasteiger partial charge in [0.05, 0.1) is 12.1 Å². The van der Waals surface area contributed by atoms with Crippen LogP contribution in [0.2, 0.25) is 0 Å². The molecule has 1 amide bonds. The topological polar surface area (TPSA) is 55.1 Å². The molecular formula is C16H16N2OS. The lowest BCUT2D eigenvalue weighted by atomic mass is 10.1. The normalized spacial score (nSPS) is 9.70. The van der Waals surface area contributed by atoms with E-state index in [1.54, 1.807) is 0 Å². The number of thiophene rings is 1. The number of nitrogens with two attached hydrogens (primary N) is 1. The number of benzene rings is 1. The molecule has 0 fully saturated rings. The van der Waals surface area contributed by atoms with Crippen molar-refractivity contribution >= 4 is 17.2 Å². The molecule has 0 unspecified atom stereocenters. The van der Waals surface area contributed by atoms with Gasteiger partial charge in [-0.2, -0.15) is 11.3 Å². The minimum atomic E-state index is -0.0317. The number of carbonyl (C=O) groups excluding carboxylic acids is 1. The Morgan fingerprint density at radius 3 is 2.65 bits per heavy atom. The van der Waals surface area contributed by atoms with Crippen LogP contribution in [-0.4, -0.2) is 12.5 Å². The van der Waals surface area contributed by atoms with Crippen LogP contribution in [0.4, 0.5) is 0 Å². The maximum atomic E-state index is 12.0. The molecule has 20 heavy (non-hydrogen) atoms. The molecule has 0 aliphatic carbocycles. The van der Waals surface area contributed by atoms with Gasteiger partial charge in [0, 0.05) is 17.5 Å². The SMILES string of the molecule is Cc1cscc1C(=O)NCc1ccc(C#CCN)cc1. The van der Waals surface area contributed by atoms with E-state index in [2.05, 4.69) is 17.2 Å². The van der Waals surface area contributed by atoms with Gasteiger partial charge in [0.25, 0.3) is 5.91 Å². The summed E-state index contributed by atoms with van der Waals surface area (Å²) in [4.78, 5) is 12.0. The van der Waals surface area contributed by atoms with Gasteiger partial charge < -0.3 is 11.1 Å². The van der Waals surface area contributed by atoms with Gasteiger partial charge >= 0.3 is 0 Å². The molecule has 0 bridgehead atoms. The van der Waals surface area contributed by atoms with Crippen LogP contribution in [0, 0.1) is 18.8 Å². The molecule has 1 aromatic carbocycles. The van der Waals surface area contributed by atoms with E-state index in [1.807, 2.05) is 41.9 Å². The maximum absolute atomic E-state index is 12.0. The number of hydrogen-bond donors (Lipinski definition) is 2. The monoisotopic (exact) mass is 284 g/mol. The highest BCUT2D eigenvalue weighted by Crippen LogP contribution is 2.13. The van der Waals surface area contributed by atoms with Crippen molar-refractivity contribution in [1.82, 2.24) is 5.32 Å². The Morgan fingerprint density at radius 2 is 2.05 bits per heavy atom. The lowest BCUT2D eigenvalue weighted by molar-refractivity contribution is 0.0951. The minimum absolute atomic E-state index is 0.0317. The van der Waals surface area contributed by atoms with E-state index in [4.69, 9.17) is 5.73 Å². The molecule has 0 aliphatic heterocycles. The number of nitrogens with one attached hydrogen (secondary N) is 1. The fourth-order valence-corrected chi connectivity index (χ4v) is 2.56. The van der Waals surface area contributed by atoms with Crippen molar-refractivity contribution in [2.24, 2.45) is 5.73 Å². The second-order valence-corrected chi connectivity index (χ2v) is 5.10. The van der Waals surface area contributed by atoms with E-state index in [0.717, 1.165) is 22.3 Å². The molecule has 0 spiro atoms. The average molecular weight is 284 g/mol. The first kappa shape index (κ1) is 14.3. The Bertz CT molecular complexity index is 647. The molecule has 0 aliphatic rings. The highest BCUT2D eigenvalue weighted by atomic mass is 32.1. The fourth-order valence-electron chi connectivity index (χ4n) is 1.73. The third-order valence-corrected chi connectivity index (χ3v) is 3.70. The van der Waals surface area contributed by atoms with E-state index in [9.17, 15) is 4.79 Å². The largest absolute Gasteiger partial charge is 0.348 e.